The summed E-state index contributed by atoms with van der Waals surface area (Å²) in [5, 5.41) is 2.88. The van der Waals surface area contributed by atoms with E-state index in [1.807, 2.05) is 12.1 Å². The van der Waals surface area contributed by atoms with Gasteiger partial charge in [-0.2, -0.15) is 4.31 Å². The Labute approximate surface area is 183 Å². The van der Waals surface area contributed by atoms with Gasteiger partial charge >= 0.3 is 0 Å². The van der Waals surface area contributed by atoms with Gasteiger partial charge in [-0.15, -0.1) is 0 Å². The molecule has 4 rings (SSSR count). The van der Waals surface area contributed by atoms with Crippen molar-refractivity contribution in [3.05, 3.63) is 65.5 Å². The lowest BCUT2D eigenvalue weighted by molar-refractivity contribution is -0.124. The number of benzene rings is 2. The summed E-state index contributed by atoms with van der Waals surface area (Å²) in [7, 11) is -3.85. The van der Waals surface area contributed by atoms with E-state index in [4.69, 9.17) is 0 Å². The molecule has 2 aromatic rings. The Morgan fingerprint density at radius 1 is 0.935 bits per heavy atom. The van der Waals surface area contributed by atoms with Gasteiger partial charge < -0.3 is 5.32 Å². The zero-order valence-electron chi connectivity index (χ0n) is 17.5. The Bertz CT molecular complexity index is 1000. The van der Waals surface area contributed by atoms with Gasteiger partial charge in [-0.1, -0.05) is 24.3 Å². The lowest BCUT2D eigenvalue weighted by Gasteiger charge is -2.23. The number of amides is 1. The Morgan fingerprint density at radius 2 is 1.58 bits per heavy atom. The Kier molecular flexibility index (Phi) is 6.69. The quantitative estimate of drug-likeness (QED) is 0.712. The summed E-state index contributed by atoms with van der Waals surface area (Å²) in [5.74, 6) is -0.801. The normalized spacial score (nSPS) is 20.2. The third-order valence-electron chi connectivity index (χ3n) is 6.02. The molecule has 6 nitrogen and oxygen atoms in total. The van der Waals surface area contributed by atoms with Gasteiger partial charge in [-0.3, -0.25) is 9.69 Å². The van der Waals surface area contributed by atoms with Crippen LogP contribution in [0.15, 0.2) is 53.4 Å². The molecule has 0 unspecified atom stereocenters. The molecule has 166 valence electrons. The van der Waals surface area contributed by atoms with Crippen molar-refractivity contribution in [2.24, 2.45) is 0 Å². The first-order chi connectivity index (χ1) is 14.9. The van der Waals surface area contributed by atoms with Gasteiger partial charge in [0.25, 0.3) is 0 Å². The highest BCUT2D eigenvalue weighted by Crippen LogP contribution is 2.26. The highest BCUT2D eigenvalue weighted by Gasteiger charge is 2.39. The second kappa shape index (κ2) is 9.46. The van der Waals surface area contributed by atoms with Crippen LogP contribution >= 0.6 is 0 Å². The van der Waals surface area contributed by atoms with E-state index in [1.165, 1.54) is 34.8 Å². The van der Waals surface area contributed by atoms with E-state index in [9.17, 15) is 17.6 Å². The Balaban J connectivity index is 1.36. The predicted molar refractivity (Wildman–Crippen MR) is 116 cm³/mol. The molecule has 1 atom stereocenters. The third kappa shape index (κ3) is 5.14. The van der Waals surface area contributed by atoms with Crippen LogP contribution in [-0.4, -0.2) is 49.2 Å². The SMILES string of the molecule is O=C(NCc1ccc(CN2CCCC2)cc1)[C@H]1CCCN1S(=O)(=O)c1ccc(F)cc1. The van der Waals surface area contributed by atoms with Crippen molar-refractivity contribution in [1.29, 1.82) is 0 Å². The van der Waals surface area contributed by atoms with Crippen LogP contribution in [0.3, 0.4) is 0 Å². The van der Waals surface area contributed by atoms with Crippen molar-refractivity contribution >= 4 is 15.9 Å². The molecule has 2 aliphatic heterocycles. The van der Waals surface area contributed by atoms with Gasteiger partial charge in [0.05, 0.1) is 4.90 Å². The predicted octanol–water partition coefficient (Wildman–Crippen LogP) is 2.89. The first-order valence-corrected chi connectivity index (χ1v) is 12.2. The monoisotopic (exact) mass is 445 g/mol. The van der Waals surface area contributed by atoms with Gasteiger partial charge in [0, 0.05) is 19.6 Å². The Morgan fingerprint density at radius 3 is 2.26 bits per heavy atom. The average molecular weight is 446 g/mol. The number of nitrogens with zero attached hydrogens (tertiary/aromatic N) is 2. The summed E-state index contributed by atoms with van der Waals surface area (Å²) in [6.45, 7) is 3.88. The molecule has 2 heterocycles. The van der Waals surface area contributed by atoms with Crippen molar-refractivity contribution in [2.45, 2.75) is 49.7 Å². The molecule has 2 aromatic carbocycles. The van der Waals surface area contributed by atoms with Gasteiger partial charge in [0.15, 0.2) is 0 Å². The third-order valence-corrected chi connectivity index (χ3v) is 7.94. The van der Waals surface area contributed by atoms with Crippen LogP contribution in [0, 0.1) is 5.82 Å². The van der Waals surface area contributed by atoms with Gasteiger partial charge in [-0.05, 0) is 74.2 Å². The summed E-state index contributed by atoms with van der Waals surface area (Å²) in [5.41, 5.74) is 2.23. The number of carbonyl (C=O) groups is 1. The molecule has 2 aliphatic rings. The van der Waals surface area contributed by atoms with Crippen molar-refractivity contribution in [1.82, 2.24) is 14.5 Å². The fraction of sp³-hybridized carbons (Fsp3) is 0.435. The second-order valence-electron chi connectivity index (χ2n) is 8.25. The van der Waals surface area contributed by atoms with Crippen LogP contribution in [0.1, 0.15) is 36.8 Å². The maximum absolute atomic E-state index is 13.2. The fourth-order valence-corrected chi connectivity index (χ4v) is 5.96. The van der Waals surface area contributed by atoms with Crippen LogP contribution in [-0.2, 0) is 27.9 Å². The van der Waals surface area contributed by atoms with Crippen LogP contribution < -0.4 is 5.32 Å². The molecule has 0 spiro atoms. The number of likely N-dealkylation sites (tertiary alicyclic amines) is 1. The molecule has 0 saturated carbocycles. The topological polar surface area (TPSA) is 69.7 Å². The summed E-state index contributed by atoms with van der Waals surface area (Å²) < 4.78 is 40.3. The van der Waals surface area contributed by atoms with E-state index in [-0.39, 0.29) is 17.3 Å². The first-order valence-electron chi connectivity index (χ1n) is 10.8. The van der Waals surface area contributed by atoms with Gasteiger partial charge in [0.1, 0.15) is 11.9 Å². The maximum Gasteiger partial charge on any atom is 0.243 e. The molecule has 0 aliphatic carbocycles. The van der Waals surface area contributed by atoms with Crippen molar-refractivity contribution in [2.75, 3.05) is 19.6 Å². The second-order valence-corrected chi connectivity index (χ2v) is 10.1. The van der Waals surface area contributed by atoms with Crippen LogP contribution in [0.5, 0.6) is 0 Å². The lowest BCUT2D eigenvalue weighted by atomic mass is 10.1. The molecule has 8 heteroatoms. The minimum Gasteiger partial charge on any atom is -0.351 e. The fourth-order valence-electron chi connectivity index (χ4n) is 4.30. The maximum atomic E-state index is 13.2. The van der Waals surface area contributed by atoms with E-state index < -0.39 is 21.9 Å². The van der Waals surface area contributed by atoms with Crippen LogP contribution in [0.25, 0.3) is 0 Å². The van der Waals surface area contributed by atoms with Gasteiger partial charge in [0.2, 0.25) is 15.9 Å². The van der Waals surface area contributed by atoms with E-state index in [0.29, 0.717) is 19.4 Å². The van der Waals surface area contributed by atoms with Gasteiger partial charge in [-0.25, -0.2) is 12.8 Å². The standard InChI is InChI=1S/C23H28FN3O3S/c24-20-9-11-21(12-10-20)31(29,30)27-15-3-4-22(27)23(28)25-16-18-5-7-19(8-6-18)17-26-13-1-2-14-26/h5-12,22H,1-4,13-17H2,(H,25,28)/t22-/m1/s1. The molecular weight excluding hydrogens is 417 g/mol. The number of halogens is 1. The number of hydrogen-bond acceptors (Lipinski definition) is 4. The summed E-state index contributed by atoms with van der Waals surface area (Å²) in [6, 6.07) is 12.1. The molecule has 31 heavy (non-hydrogen) atoms. The minimum atomic E-state index is -3.85. The number of hydrogen-bond donors (Lipinski definition) is 1. The van der Waals surface area contributed by atoms with Crippen molar-refractivity contribution in [3.8, 4) is 0 Å². The zero-order valence-corrected chi connectivity index (χ0v) is 18.3. The van der Waals surface area contributed by atoms with E-state index in [2.05, 4.69) is 22.3 Å². The number of nitrogens with one attached hydrogen (secondary N) is 1. The Hall–Kier alpha value is -2.29. The zero-order chi connectivity index (χ0) is 21.8. The highest BCUT2D eigenvalue weighted by molar-refractivity contribution is 7.89. The molecular formula is C23H28FN3O3S. The van der Waals surface area contributed by atoms with Crippen LogP contribution in [0.2, 0.25) is 0 Å². The summed E-state index contributed by atoms with van der Waals surface area (Å²) >= 11 is 0. The summed E-state index contributed by atoms with van der Waals surface area (Å²) in [4.78, 5) is 15.2. The van der Waals surface area contributed by atoms with E-state index >= 15 is 0 Å². The number of rotatable bonds is 7. The number of carbonyl (C=O) groups excluding carboxylic acids is 1. The first kappa shape index (κ1) is 21.9. The minimum absolute atomic E-state index is 0.00203. The largest absolute Gasteiger partial charge is 0.351 e. The smallest absolute Gasteiger partial charge is 0.243 e. The molecule has 2 saturated heterocycles. The summed E-state index contributed by atoms with van der Waals surface area (Å²) in [6.07, 6.45) is 3.61. The molecule has 2 fully saturated rings. The molecule has 1 N–H and O–H groups in total. The highest BCUT2D eigenvalue weighted by atomic mass is 32.2. The lowest BCUT2D eigenvalue weighted by Crippen LogP contribution is -2.45. The van der Waals surface area contributed by atoms with Crippen molar-refractivity contribution in [3.63, 3.8) is 0 Å². The van der Waals surface area contributed by atoms with Crippen LogP contribution in [0.4, 0.5) is 4.39 Å². The number of sulfonamides is 1. The van der Waals surface area contributed by atoms with E-state index in [0.717, 1.165) is 37.3 Å². The van der Waals surface area contributed by atoms with Crippen molar-refractivity contribution < 1.29 is 17.6 Å². The molecule has 0 radical (unpaired) electrons. The van der Waals surface area contributed by atoms with E-state index in [1.54, 1.807) is 0 Å². The molecule has 0 aromatic heterocycles. The average Bonchev–Trinajstić information content (AvgIpc) is 3.46. The molecule has 0 bridgehead atoms. The molecule has 1 amide bonds.